The van der Waals surface area contributed by atoms with Crippen LogP contribution in [0, 0.1) is 5.41 Å². The van der Waals surface area contributed by atoms with Crippen LogP contribution in [-0.4, -0.2) is 62.8 Å². The molecule has 0 aliphatic carbocycles. The van der Waals surface area contributed by atoms with Crippen molar-refractivity contribution in [2.24, 2.45) is 10.4 Å². The summed E-state index contributed by atoms with van der Waals surface area (Å²) in [6.45, 7) is 18.2. The van der Waals surface area contributed by atoms with Crippen molar-refractivity contribution in [3.05, 3.63) is 0 Å². The van der Waals surface area contributed by atoms with Crippen molar-refractivity contribution < 1.29 is 4.74 Å². The van der Waals surface area contributed by atoms with E-state index in [0.29, 0.717) is 11.5 Å². The maximum Gasteiger partial charge on any atom is 0.191 e. The van der Waals surface area contributed by atoms with Crippen molar-refractivity contribution in [1.29, 1.82) is 0 Å². The Bertz CT molecular complexity index is 352. The summed E-state index contributed by atoms with van der Waals surface area (Å²) in [4.78, 5) is 7.22. The van der Waals surface area contributed by atoms with Crippen LogP contribution in [0.3, 0.4) is 0 Å². The standard InChI is InChI=1S/C19H40N4O.HI/c1-6-20-18(22-17(2)9-10-19(3,4)5)21-11-7-8-12-23-13-15-24-16-14-23;/h17H,6-16H2,1-5H3,(H2,20,21,22);1H. The number of aliphatic imine (C=N–C) groups is 1. The predicted octanol–water partition coefficient (Wildman–Crippen LogP) is 3.49. The van der Waals surface area contributed by atoms with E-state index in [1.165, 1.54) is 25.8 Å². The Balaban J connectivity index is 0.00000576. The molecule has 1 atom stereocenters. The van der Waals surface area contributed by atoms with E-state index in [-0.39, 0.29) is 24.0 Å². The Hall–Kier alpha value is -0.0800. The second-order valence-electron chi connectivity index (χ2n) is 8.07. The van der Waals surface area contributed by atoms with Gasteiger partial charge in [0.1, 0.15) is 0 Å². The molecule has 5 nitrogen and oxygen atoms in total. The Kier molecular flexibility index (Phi) is 14.0. The zero-order valence-electron chi connectivity index (χ0n) is 17.1. The average Bonchev–Trinajstić information content (AvgIpc) is 2.53. The van der Waals surface area contributed by atoms with E-state index in [0.717, 1.165) is 51.8 Å². The zero-order valence-corrected chi connectivity index (χ0v) is 19.4. The smallest absolute Gasteiger partial charge is 0.191 e. The number of morpholine rings is 1. The van der Waals surface area contributed by atoms with E-state index in [4.69, 9.17) is 9.73 Å². The summed E-state index contributed by atoms with van der Waals surface area (Å²) in [6.07, 6.45) is 4.75. The highest BCUT2D eigenvalue weighted by Crippen LogP contribution is 2.21. The molecule has 0 bridgehead atoms. The summed E-state index contributed by atoms with van der Waals surface area (Å²) < 4.78 is 5.38. The van der Waals surface area contributed by atoms with E-state index < -0.39 is 0 Å². The minimum absolute atomic E-state index is 0. The van der Waals surface area contributed by atoms with Crippen LogP contribution >= 0.6 is 24.0 Å². The second kappa shape index (κ2) is 14.0. The van der Waals surface area contributed by atoms with Crippen molar-refractivity contribution in [3.63, 3.8) is 0 Å². The number of nitrogens with zero attached hydrogens (tertiary/aromatic N) is 2. The van der Waals surface area contributed by atoms with Crippen LogP contribution in [0.25, 0.3) is 0 Å². The predicted molar refractivity (Wildman–Crippen MR) is 119 cm³/mol. The van der Waals surface area contributed by atoms with Gasteiger partial charge in [0, 0.05) is 32.2 Å². The highest BCUT2D eigenvalue weighted by Gasteiger charge is 2.13. The Morgan fingerprint density at radius 3 is 2.48 bits per heavy atom. The lowest BCUT2D eigenvalue weighted by atomic mass is 9.89. The van der Waals surface area contributed by atoms with Crippen molar-refractivity contribution in [2.45, 2.75) is 66.3 Å². The zero-order chi connectivity index (χ0) is 17.8. The molecule has 0 saturated carbocycles. The molecule has 0 spiro atoms. The van der Waals surface area contributed by atoms with E-state index in [9.17, 15) is 0 Å². The molecule has 1 saturated heterocycles. The minimum atomic E-state index is 0. The number of guanidine groups is 1. The number of halogens is 1. The molecule has 25 heavy (non-hydrogen) atoms. The first-order valence-corrected chi connectivity index (χ1v) is 9.75. The maximum absolute atomic E-state index is 5.38. The fourth-order valence-electron chi connectivity index (χ4n) is 2.74. The van der Waals surface area contributed by atoms with Gasteiger partial charge < -0.3 is 15.4 Å². The van der Waals surface area contributed by atoms with Crippen LogP contribution in [0.15, 0.2) is 4.99 Å². The lowest BCUT2D eigenvalue weighted by Gasteiger charge is -2.26. The van der Waals surface area contributed by atoms with E-state index >= 15 is 0 Å². The molecule has 0 aromatic carbocycles. The van der Waals surface area contributed by atoms with Gasteiger partial charge in [-0.25, -0.2) is 0 Å². The van der Waals surface area contributed by atoms with Crippen LogP contribution in [-0.2, 0) is 4.74 Å². The third-order valence-electron chi connectivity index (χ3n) is 4.31. The normalized spacial score (nSPS) is 17.7. The number of hydrogen-bond acceptors (Lipinski definition) is 3. The van der Waals surface area contributed by atoms with Crippen LogP contribution < -0.4 is 10.6 Å². The summed E-state index contributed by atoms with van der Waals surface area (Å²) in [5.41, 5.74) is 0.394. The molecular formula is C19H41IN4O. The number of nitrogens with one attached hydrogen (secondary N) is 2. The molecule has 6 heteroatoms. The third-order valence-corrected chi connectivity index (χ3v) is 4.31. The van der Waals surface area contributed by atoms with Gasteiger partial charge in [-0.3, -0.25) is 9.89 Å². The van der Waals surface area contributed by atoms with Gasteiger partial charge in [0.2, 0.25) is 0 Å². The Labute approximate surface area is 172 Å². The van der Waals surface area contributed by atoms with Crippen LogP contribution in [0.4, 0.5) is 0 Å². The molecule has 1 unspecified atom stereocenters. The van der Waals surface area contributed by atoms with Crippen molar-refractivity contribution >= 4 is 29.9 Å². The molecular weight excluding hydrogens is 427 g/mol. The average molecular weight is 468 g/mol. The second-order valence-corrected chi connectivity index (χ2v) is 8.07. The van der Waals surface area contributed by atoms with Crippen LogP contribution in [0.1, 0.15) is 60.3 Å². The molecule has 0 amide bonds. The highest BCUT2D eigenvalue weighted by atomic mass is 127. The first-order chi connectivity index (χ1) is 11.4. The first-order valence-electron chi connectivity index (χ1n) is 9.75. The number of rotatable bonds is 9. The monoisotopic (exact) mass is 468 g/mol. The number of ether oxygens (including phenoxy) is 1. The molecule has 150 valence electrons. The summed E-state index contributed by atoms with van der Waals surface area (Å²) in [5, 5.41) is 6.91. The Morgan fingerprint density at radius 1 is 1.20 bits per heavy atom. The summed E-state index contributed by atoms with van der Waals surface area (Å²) >= 11 is 0. The van der Waals surface area contributed by atoms with Gasteiger partial charge in [-0.2, -0.15) is 0 Å². The van der Waals surface area contributed by atoms with Gasteiger partial charge in [-0.05, 0) is 51.5 Å². The first kappa shape index (κ1) is 24.9. The largest absolute Gasteiger partial charge is 0.379 e. The molecule has 1 aliphatic heterocycles. The van der Waals surface area contributed by atoms with Gasteiger partial charge in [0.25, 0.3) is 0 Å². The lowest BCUT2D eigenvalue weighted by molar-refractivity contribution is 0.0373. The molecule has 0 aromatic heterocycles. The highest BCUT2D eigenvalue weighted by molar-refractivity contribution is 14.0. The quantitative estimate of drug-likeness (QED) is 0.236. The van der Waals surface area contributed by atoms with Crippen LogP contribution in [0.2, 0.25) is 0 Å². The SMILES string of the molecule is CCNC(=NCCCCN1CCOCC1)NC(C)CCC(C)(C)C.I. The van der Waals surface area contributed by atoms with E-state index in [2.05, 4.69) is 50.2 Å². The maximum atomic E-state index is 5.38. The van der Waals surface area contributed by atoms with Gasteiger partial charge in [0.05, 0.1) is 13.2 Å². The van der Waals surface area contributed by atoms with Gasteiger partial charge in [-0.1, -0.05) is 20.8 Å². The Morgan fingerprint density at radius 2 is 1.88 bits per heavy atom. The van der Waals surface area contributed by atoms with Gasteiger partial charge in [-0.15, -0.1) is 24.0 Å². The third kappa shape index (κ3) is 13.7. The minimum Gasteiger partial charge on any atom is -0.379 e. The van der Waals surface area contributed by atoms with Crippen molar-refractivity contribution in [3.8, 4) is 0 Å². The fraction of sp³-hybridized carbons (Fsp3) is 0.947. The molecule has 1 heterocycles. The topological polar surface area (TPSA) is 48.9 Å². The van der Waals surface area contributed by atoms with E-state index in [1.807, 2.05) is 0 Å². The van der Waals surface area contributed by atoms with Gasteiger partial charge >= 0.3 is 0 Å². The molecule has 1 fully saturated rings. The number of hydrogen-bond donors (Lipinski definition) is 2. The molecule has 0 aromatic rings. The van der Waals surface area contributed by atoms with Gasteiger partial charge in [0.15, 0.2) is 5.96 Å². The molecule has 1 aliphatic rings. The lowest BCUT2D eigenvalue weighted by Crippen LogP contribution is -2.42. The van der Waals surface area contributed by atoms with Crippen molar-refractivity contribution in [1.82, 2.24) is 15.5 Å². The molecule has 2 N–H and O–H groups in total. The summed E-state index contributed by atoms with van der Waals surface area (Å²) in [6, 6.07) is 0.454. The summed E-state index contributed by atoms with van der Waals surface area (Å²) in [5.74, 6) is 0.963. The van der Waals surface area contributed by atoms with Crippen LogP contribution in [0.5, 0.6) is 0 Å². The summed E-state index contributed by atoms with van der Waals surface area (Å²) in [7, 11) is 0. The number of unbranched alkanes of at least 4 members (excludes halogenated alkanes) is 1. The molecule has 0 radical (unpaired) electrons. The molecule has 1 rings (SSSR count). The van der Waals surface area contributed by atoms with E-state index in [1.54, 1.807) is 0 Å². The fourth-order valence-corrected chi connectivity index (χ4v) is 2.74. The van der Waals surface area contributed by atoms with Crippen molar-refractivity contribution in [2.75, 3.05) is 45.9 Å².